The Hall–Kier alpha value is -2.12. The normalized spacial score (nSPS) is 12.6. The lowest BCUT2D eigenvalue weighted by molar-refractivity contribution is 0.395. The maximum Gasteiger partial charge on any atom is 0.261 e. The largest absolute Gasteiger partial charge is 0.497 e. The van der Waals surface area contributed by atoms with E-state index in [4.69, 9.17) is 9.47 Å². The van der Waals surface area contributed by atoms with E-state index in [2.05, 4.69) is 10.0 Å². The number of benzene rings is 2. The highest BCUT2D eigenvalue weighted by Gasteiger charge is 2.19. The average molecular weight is 371 g/mol. The van der Waals surface area contributed by atoms with Crippen LogP contribution in [0, 0.1) is 0 Å². The Morgan fingerprint density at radius 2 is 1.71 bits per heavy atom. The van der Waals surface area contributed by atoms with Gasteiger partial charge >= 0.3 is 0 Å². The molecule has 2 aromatic rings. The maximum atomic E-state index is 12.6. The van der Waals surface area contributed by atoms with Gasteiger partial charge in [0.15, 0.2) is 0 Å². The summed E-state index contributed by atoms with van der Waals surface area (Å²) in [5.41, 5.74) is 2.39. The Balaban J connectivity index is 0.00000208. The zero-order valence-corrected chi connectivity index (χ0v) is 15.0. The molecule has 130 valence electrons. The van der Waals surface area contributed by atoms with Crippen molar-refractivity contribution in [2.75, 3.05) is 30.8 Å². The summed E-state index contributed by atoms with van der Waals surface area (Å²) in [7, 11) is -0.645. The number of halogens is 1. The summed E-state index contributed by atoms with van der Waals surface area (Å²) in [4.78, 5) is 0.238. The number of anilines is 2. The summed E-state index contributed by atoms with van der Waals surface area (Å²) >= 11 is 0. The fourth-order valence-corrected chi connectivity index (χ4v) is 3.62. The Morgan fingerprint density at radius 1 is 1.04 bits per heavy atom. The first kappa shape index (κ1) is 18.2. The Bertz CT molecular complexity index is 818. The molecule has 2 N–H and O–H groups in total. The molecular formula is C16H19ClN2O4S. The van der Waals surface area contributed by atoms with Gasteiger partial charge in [0, 0.05) is 30.4 Å². The van der Waals surface area contributed by atoms with E-state index in [1.165, 1.54) is 14.2 Å². The van der Waals surface area contributed by atoms with Crippen molar-refractivity contribution in [3.63, 3.8) is 0 Å². The number of ether oxygens (including phenoxy) is 2. The molecule has 0 aliphatic carbocycles. The Labute approximate surface area is 147 Å². The van der Waals surface area contributed by atoms with E-state index in [0.717, 1.165) is 24.2 Å². The van der Waals surface area contributed by atoms with E-state index in [1.807, 2.05) is 0 Å². The lowest BCUT2D eigenvalue weighted by atomic mass is 10.2. The van der Waals surface area contributed by atoms with Gasteiger partial charge in [0.1, 0.15) is 11.5 Å². The number of fused-ring (bicyclic) bond motifs is 1. The van der Waals surface area contributed by atoms with Gasteiger partial charge in [-0.05, 0) is 30.2 Å². The molecule has 0 spiro atoms. The first-order chi connectivity index (χ1) is 11.0. The highest BCUT2D eigenvalue weighted by Crippen LogP contribution is 2.29. The van der Waals surface area contributed by atoms with Gasteiger partial charge in [0.05, 0.1) is 24.8 Å². The summed E-state index contributed by atoms with van der Waals surface area (Å²) in [6, 6.07) is 9.98. The van der Waals surface area contributed by atoms with Crippen LogP contribution >= 0.6 is 12.4 Å². The van der Waals surface area contributed by atoms with Gasteiger partial charge in [-0.3, -0.25) is 4.72 Å². The second-order valence-electron chi connectivity index (χ2n) is 5.20. The molecule has 0 fully saturated rings. The molecule has 0 unspecified atom stereocenters. The molecule has 3 rings (SSSR count). The Morgan fingerprint density at radius 3 is 2.33 bits per heavy atom. The minimum absolute atomic E-state index is 0. The zero-order valence-electron chi connectivity index (χ0n) is 13.3. The van der Waals surface area contributed by atoms with Crippen LogP contribution in [0.25, 0.3) is 0 Å². The highest BCUT2D eigenvalue weighted by atomic mass is 35.5. The molecule has 0 saturated heterocycles. The van der Waals surface area contributed by atoms with Crippen molar-refractivity contribution in [2.24, 2.45) is 0 Å². The number of rotatable bonds is 5. The van der Waals surface area contributed by atoms with Crippen LogP contribution in [0.2, 0.25) is 0 Å². The summed E-state index contributed by atoms with van der Waals surface area (Å²) in [5, 5.41) is 3.21. The molecule has 0 radical (unpaired) electrons. The zero-order chi connectivity index (χ0) is 16.4. The third-order valence-electron chi connectivity index (χ3n) is 3.70. The minimum atomic E-state index is -3.67. The van der Waals surface area contributed by atoms with Crippen molar-refractivity contribution in [1.29, 1.82) is 0 Å². The van der Waals surface area contributed by atoms with Crippen molar-refractivity contribution in [2.45, 2.75) is 11.3 Å². The monoisotopic (exact) mass is 370 g/mol. The molecule has 1 aliphatic rings. The first-order valence-corrected chi connectivity index (χ1v) is 8.63. The predicted octanol–water partition coefficient (Wildman–Crippen LogP) is 2.89. The van der Waals surface area contributed by atoms with Gasteiger partial charge in [0.25, 0.3) is 10.0 Å². The van der Waals surface area contributed by atoms with E-state index in [0.29, 0.717) is 17.2 Å². The van der Waals surface area contributed by atoms with Crippen LogP contribution in [0.3, 0.4) is 0 Å². The molecule has 1 aliphatic heterocycles. The fourth-order valence-electron chi connectivity index (χ4n) is 2.53. The molecule has 0 amide bonds. The molecule has 2 aromatic carbocycles. The summed E-state index contributed by atoms with van der Waals surface area (Å²) < 4.78 is 38.1. The third-order valence-corrected chi connectivity index (χ3v) is 5.08. The van der Waals surface area contributed by atoms with Gasteiger partial charge in [-0.1, -0.05) is 0 Å². The number of sulfonamides is 1. The van der Waals surface area contributed by atoms with E-state index in [-0.39, 0.29) is 17.3 Å². The lowest BCUT2D eigenvalue weighted by Gasteiger charge is -2.12. The molecule has 0 saturated carbocycles. The maximum absolute atomic E-state index is 12.6. The van der Waals surface area contributed by atoms with Gasteiger partial charge in [0.2, 0.25) is 0 Å². The quantitative estimate of drug-likeness (QED) is 0.846. The smallest absolute Gasteiger partial charge is 0.261 e. The molecule has 8 heteroatoms. The topological polar surface area (TPSA) is 76.7 Å². The van der Waals surface area contributed by atoms with Gasteiger partial charge in [-0.25, -0.2) is 8.42 Å². The lowest BCUT2D eigenvalue weighted by Crippen LogP contribution is -2.13. The van der Waals surface area contributed by atoms with E-state index >= 15 is 0 Å². The van der Waals surface area contributed by atoms with Gasteiger partial charge in [-0.2, -0.15) is 0 Å². The van der Waals surface area contributed by atoms with Crippen molar-refractivity contribution in [3.05, 3.63) is 42.0 Å². The number of hydrogen-bond acceptors (Lipinski definition) is 5. The van der Waals surface area contributed by atoms with Crippen LogP contribution in [-0.4, -0.2) is 29.2 Å². The molecule has 24 heavy (non-hydrogen) atoms. The van der Waals surface area contributed by atoms with E-state index < -0.39 is 10.0 Å². The second-order valence-corrected chi connectivity index (χ2v) is 6.88. The van der Waals surface area contributed by atoms with E-state index in [1.54, 1.807) is 36.4 Å². The third kappa shape index (κ3) is 3.68. The van der Waals surface area contributed by atoms with Crippen LogP contribution < -0.4 is 19.5 Å². The van der Waals surface area contributed by atoms with Crippen molar-refractivity contribution in [1.82, 2.24) is 0 Å². The van der Waals surface area contributed by atoms with Crippen LogP contribution in [0.15, 0.2) is 41.3 Å². The second kappa shape index (κ2) is 7.19. The van der Waals surface area contributed by atoms with Crippen molar-refractivity contribution < 1.29 is 17.9 Å². The Kier molecular flexibility index (Phi) is 5.46. The van der Waals surface area contributed by atoms with Gasteiger partial charge in [-0.15, -0.1) is 12.4 Å². The first-order valence-electron chi connectivity index (χ1n) is 7.14. The van der Waals surface area contributed by atoms with Crippen LogP contribution in [0.4, 0.5) is 11.4 Å². The van der Waals surface area contributed by atoms with Crippen LogP contribution in [-0.2, 0) is 16.4 Å². The standard InChI is InChI=1S/C16H18N2O4S.ClH/c1-21-13-8-12(9-14(10-13)22-2)18-23(19,20)15-3-4-16-11(7-15)5-6-17-16;/h3-4,7-10,17-18H,5-6H2,1-2H3;1H. The van der Waals surface area contributed by atoms with Crippen LogP contribution in [0.1, 0.15) is 5.56 Å². The summed E-state index contributed by atoms with van der Waals surface area (Å²) in [6.07, 6.45) is 0.825. The van der Waals surface area contributed by atoms with Crippen LogP contribution in [0.5, 0.6) is 11.5 Å². The van der Waals surface area contributed by atoms with Crippen molar-refractivity contribution in [3.8, 4) is 11.5 Å². The molecular weight excluding hydrogens is 352 g/mol. The molecule has 0 aromatic heterocycles. The predicted molar refractivity (Wildman–Crippen MR) is 96.2 cm³/mol. The number of methoxy groups -OCH3 is 2. The molecule has 6 nitrogen and oxygen atoms in total. The molecule has 0 atom stereocenters. The van der Waals surface area contributed by atoms with Gasteiger partial charge < -0.3 is 14.8 Å². The van der Waals surface area contributed by atoms with Crippen molar-refractivity contribution >= 4 is 33.8 Å². The fraction of sp³-hybridized carbons (Fsp3) is 0.250. The number of hydrogen-bond donors (Lipinski definition) is 2. The number of nitrogens with one attached hydrogen (secondary N) is 2. The summed E-state index contributed by atoms with van der Waals surface area (Å²) in [6.45, 7) is 0.833. The average Bonchev–Trinajstić information content (AvgIpc) is 3.01. The summed E-state index contributed by atoms with van der Waals surface area (Å²) in [5.74, 6) is 1.03. The SMILES string of the molecule is COc1cc(NS(=O)(=O)c2ccc3c(c2)CCN3)cc(OC)c1.Cl. The highest BCUT2D eigenvalue weighted by molar-refractivity contribution is 7.92. The minimum Gasteiger partial charge on any atom is -0.497 e. The molecule has 0 bridgehead atoms. The molecule has 1 heterocycles. The van der Waals surface area contributed by atoms with E-state index in [9.17, 15) is 8.42 Å².